The highest BCUT2D eigenvalue weighted by Crippen LogP contribution is 2.24. The van der Waals surface area contributed by atoms with Gasteiger partial charge in [0.15, 0.2) is 0 Å². The fourth-order valence-electron chi connectivity index (χ4n) is 2.45. The van der Waals surface area contributed by atoms with E-state index in [4.69, 9.17) is 9.88 Å². The van der Waals surface area contributed by atoms with Crippen molar-refractivity contribution in [2.45, 2.75) is 50.2 Å². The predicted octanol–water partition coefficient (Wildman–Crippen LogP) is 2.01. The van der Waals surface area contributed by atoms with Gasteiger partial charge in [-0.2, -0.15) is 0 Å². The van der Waals surface area contributed by atoms with Crippen molar-refractivity contribution in [3.8, 4) is 0 Å². The number of benzene rings is 1. The molecule has 0 saturated carbocycles. The molecule has 5 nitrogen and oxygen atoms in total. The smallest absolute Gasteiger partial charge is 0.238 e. The average molecular weight is 298 g/mol. The number of nitrogens with two attached hydrogens (primary N) is 1. The summed E-state index contributed by atoms with van der Waals surface area (Å²) in [5.74, 6) is 0. The van der Waals surface area contributed by atoms with Crippen LogP contribution in [0.4, 0.5) is 5.69 Å². The lowest BCUT2D eigenvalue weighted by atomic mass is 10.0. The number of primary sulfonamides is 1. The van der Waals surface area contributed by atoms with Crippen LogP contribution in [0.15, 0.2) is 23.1 Å². The van der Waals surface area contributed by atoms with Crippen LogP contribution in [0.2, 0.25) is 0 Å². The normalized spacial score (nSPS) is 23.6. The SMILES string of the molecule is CCC1CC(Nc2cc(S(N)(=O)=O)ccc2C)CCO1. The third-order valence-electron chi connectivity index (χ3n) is 3.72. The maximum atomic E-state index is 11.4. The summed E-state index contributed by atoms with van der Waals surface area (Å²) in [6.45, 7) is 4.80. The summed E-state index contributed by atoms with van der Waals surface area (Å²) in [5.41, 5.74) is 1.84. The Labute approximate surface area is 120 Å². The summed E-state index contributed by atoms with van der Waals surface area (Å²) in [5, 5.41) is 8.60. The van der Waals surface area contributed by atoms with Crippen LogP contribution in [0.3, 0.4) is 0 Å². The highest BCUT2D eigenvalue weighted by molar-refractivity contribution is 7.89. The zero-order chi connectivity index (χ0) is 14.8. The third kappa shape index (κ3) is 3.71. The molecule has 0 bridgehead atoms. The number of ether oxygens (including phenoxy) is 1. The molecular weight excluding hydrogens is 276 g/mol. The minimum Gasteiger partial charge on any atom is -0.382 e. The summed E-state index contributed by atoms with van der Waals surface area (Å²) in [4.78, 5) is 0.143. The van der Waals surface area contributed by atoms with Gasteiger partial charge >= 0.3 is 0 Å². The second-order valence-corrected chi connectivity index (χ2v) is 6.85. The molecular formula is C14H22N2O3S. The van der Waals surface area contributed by atoms with Crippen molar-refractivity contribution in [3.63, 3.8) is 0 Å². The molecule has 112 valence electrons. The minimum atomic E-state index is -3.66. The first-order valence-corrected chi connectivity index (χ1v) is 8.46. The third-order valence-corrected chi connectivity index (χ3v) is 4.63. The molecule has 1 saturated heterocycles. The molecule has 0 amide bonds. The summed E-state index contributed by atoms with van der Waals surface area (Å²) < 4.78 is 28.5. The largest absolute Gasteiger partial charge is 0.382 e. The van der Waals surface area contributed by atoms with Gasteiger partial charge in [0.1, 0.15) is 0 Å². The lowest BCUT2D eigenvalue weighted by molar-refractivity contribution is 0.00924. The van der Waals surface area contributed by atoms with Gasteiger partial charge in [-0.25, -0.2) is 13.6 Å². The molecule has 0 radical (unpaired) electrons. The number of hydrogen-bond donors (Lipinski definition) is 2. The Hall–Kier alpha value is -1.11. The molecule has 0 aliphatic carbocycles. The van der Waals surface area contributed by atoms with E-state index in [1.807, 2.05) is 6.92 Å². The molecule has 3 N–H and O–H groups in total. The molecule has 6 heteroatoms. The summed E-state index contributed by atoms with van der Waals surface area (Å²) in [7, 11) is -3.66. The van der Waals surface area contributed by atoms with E-state index in [1.165, 1.54) is 6.07 Å². The monoisotopic (exact) mass is 298 g/mol. The van der Waals surface area contributed by atoms with Crippen LogP contribution in [-0.4, -0.2) is 27.2 Å². The van der Waals surface area contributed by atoms with Crippen molar-refractivity contribution < 1.29 is 13.2 Å². The molecule has 1 aliphatic rings. The van der Waals surface area contributed by atoms with Gasteiger partial charge < -0.3 is 10.1 Å². The fraction of sp³-hybridized carbons (Fsp3) is 0.571. The Morgan fingerprint density at radius 2 is 2.20 bits per heavy atom. The van der Waals surface area contributed by atoms with Crippen molar-refractivity contribution in [1.29, 1.82) is 0 Å². The maximum Gasteiger partial charge on any atom is 0.238 e. The van der Waals surface area contributed by atoms with Crippen molar-refractivity contribution in [2.24, 2.45) is 5.14 Å². The van der Waals surface area contributed by atoms with Gasteiger partial charge in [0.05, 0.1) is 11.0 Å². The van der Waals surface area contributed by atoms with Crippen molar-refractivity contribution in [3.05, 3.63) is 23.8 Å². The molecule has 1 aromatic rings. The Balaban J connectivity index is 2.16. The van der Waals surface area contributed by atoms with Crippen molar-refractivity contribution in [1.82, 2.24) is 0 Å². The molecule has 1 aliphatic heterocycles. The standard InChI is InChI=1S/C14H22N2O3S/c1-3-12-8-11(6-7-19-12)16-14-9-13(20(15,17)18)5-4-10(14)2/h4-5,9,11-12,16H,3,6-8H2,1-2H3,(H2,15,17,18). The molecule has 0 spiro atoms. The van der Waals surface area contributed by atoms with Crippen LogP contribution in [-0.2, 0) is 14.8 Å². The first kappa shape index (κ1) is 15.3. The molecule has 1 fully saturated rings. The van der Waals surface area contributed by atoms with Gasteiger partial charge in [-0.1, -0.05) is 13.0 Å². The highest BCUT2D eigenvalue weighted by Gasteiger charge is 2.22. The molecule has 1 aromatic carbocycles. The average Bonchev–Trinajstić information content (AvgIpc) is 2.40. The number of nitrogens with one attached hydrogen (secondary N) is 1. The zero-order valence-corrected chi connectivity index (χ0v) is 12.7. The van der Waals surface area contributed by atoms with Gasteiger partial charge in [0.25, 0.3) is 0 Å². The second-order valence-electron chi connectivity index (χ2n) is 5.29. The lowest BCUT2D eigenvalue weighted by Gasteiger charge is -2.30. The van der Waals surface area contributed by atoms with E-state index in [0.29, 0.717) is 6.04 Å². The van der Waals surface area contributed by atoms with E-state index in [1.54, 1.807) is 12.1 Å². The van der Waals surface area contributed by atoms with Crippen molar-refractivity contribution in [2.75, 3.05) is 11.9 Å². The predicted molar refractivity (Wildman–Crippen MR) is 79.2 cm³/mol. The first-order valence-electron chi connectivity index (χ1n) is 6.91. The first-order chi connectivity index (χ1) is 9.40. The van der Waals surface area contributed by atoms with Crippen LogP contribution >= 0.6 is 0 Å². The van der Waals surface area contributed by atoms with E-state index in [9.17, 15) is 8.42 Å². The van der Waals surface area contributed by atoms with Gasteiger partial charge in [-0.3, -0.25) is 0 Å². The molecule has 2 unspecified atom stereocenters. The van der Waals surface area contributed by atoms with Crippen LogP contribution < -0.4 is 10.5 Å². The highest BCUT2D eigenvalue weighted by atomic mass is 32.2. The van der Waals surface area contributed by atoms with E-state index in [2.05, 4.69) is 12.2 Å². The van der Waals surface area contributed by atoms with Gasteiger partial charge in [0.2, 0.25) is 10.0 Å². The van der Waals surface area contributed by atoms with Crippen molar-refractivity contribution >= 4 is 15.7 Å². The number of rotatable bonds is 4. The number of anilines is 1. The van der Waals surface area contributed by atoms with Crippen LogP contribution in [0, 0.1) is 6.92 Å². The van der Waals surface area contributed by atoms with Crippen LogP contribution in [0.25, 0.3) is 0 Å². The zero-order valence-electron chi connectivity index (χ0n) is 11.9. The number of sulfonamides is 1. The van der Waals surface area contributed by atoms with Gasteiger partial charge in [-0.05, 0) is 43.9 Å². The van der Waals surface area contributed by atoms with Gasteiger partial charge in [0, 0.05) is 18.3 Å². The Bertz CT molecular complexity index is 572. The Kier molecular flexibility index (Phi) is 4.67. The number of hydrogen-bond acceptors (Lipinski definition) is 4. The molecule has 1 heterocycles. The molecule has 2 atom stereocenters. The van der Waals surface area contributed by atoms with Gasteiger partial charge in [-0.15, -0.1) is 0 Å². The minimum absolute atomic E-state index is 0.143. The Morgan fingerprint density at radius 1 is 1.45 bits per heavy atom. The van der Waals surface area contributed by atoms with Crippen LogP contribution in [0.5, 0.6) is 0 Å². The summed E-state index contributed by atoms with van der Waals surface area (Å²) in [6.07, 6.45) is 3.14. The second kappa shape index (κ2) is 6.11. The molecule has 0 aromatic heterocycles. The van der Waals surface area contributed by atoms with Crippen LogP contribution in [0.1, 0.15) is 31.7 Å². The Morgan fingerprint density at radius 3 is 2.85 bits per heavy atom. The molecule has 2 rings (SSSR count). The maximum absolute atomic E-state index is 11.4. The van der Waals surface area contributed by atoms with E-state index in [-0.39, 0.29) is 11.0 Å². The number of aryl methyl sites for hydroxylation is 1. The fourth-order valence-corrected chi connectivity index (χ4v) is 2.99. The van der Waals surface area contributed by atoms with E-state index in [0.717, 1.165) is 37.1 Å². The van der Waals surface area contributed by atoms with E-state index < -0.39 is 10.0 Å². The quantitative estimate of drug-likeness (QED) is 0.891. The topological polar surface area (TPSA) is 81.4 Å². The van der Waals surface area contributed by atoms with E-state index >= 15 is 0 Å². The summed E-state index contributed by atoms with van der Waals surface area (Å²) in [6, 6.07) is 5.23. The summed E-state index contributed by atoms with van der Waals surface area (Å²) >= 11 is 0. The molecule has 20 heavy (non-hydrogen) atoms. The lowest BCUT2D eigenvalue weighted by Crippen LogP contribution is -2.33.